The van der Waals surface area contributed by atoms with Crippen molar-refractivity contribution in [2.45, 2.75) is 46.0 Å². The van der Waals surface area contributed by atoms with Crippen LogP contribution in [-0.4, -0.2) is 5.71 Å². The van der Waals surface area contributed by atoms with Crippen LogP contribution in [0, 0.1) is 0 Å². The van der Waals surface area contributed by atoms with Gasteiger partial charge in [0, 0.05) is 5.71 Å². The molecule has 1 N–H and O–H groups in total. The van der Waals surface area contributed by atoms with Crippen molar-refractivity contribution in [3.8, 4) is 0 Å². The Morgan fingerprint density at radius 1 is 1.12 bits per heavy atom. The average molecular weight is 218 g/mol. The van der Waals surface area contributed by atoms with E-state index in [0.29, 0.717) is 0 Å². The van der Waals surface area contributed by atoms with Gasteiger partial charge < -0.3 is 0 Å². The van der Waals surface area contributed by atoms with E-state index in [9.17, 15) is 0 Å². The van der Waals surface area contributed by atoms with Crippen LogP contribution in [-0.2, 0) is 0 Å². The first-order valence-corrected chi connectivity index (χ1v) is 6.17. The molecule has 0 amide bonds. The molecule has 0 spiro atoms. The number of rotatable bonds is 7. The Bertz CT molecular complexity index is 304. The van der Waals surface area contributed by atoms with E-state index in [2.05, 4.69) is 24.4 Å². The van der Waals surface area contributed by atoms with Crippen LogP contribution in [0.3, 0.4) is 0 Å². The smallest absolute Gasteiger partial charge is 0.0561 e. The second kappa shape index (κ2) is 7.91. The predicted octanol–water partition coefficient (Wildman–Crippen LogP) is 4.44. The van der Waals surface area contributed by atoms with Gasteiger partial charge in [0.15, 0.2) is 0 Å². The summed E-state index contributed by atoms with van der Waals surface area (Å²) in [7, 11) is 0. The maximum absolute atomic E-state index is 4.36. The van der Waals surface area contributed by atoms with E-state index in [1.165, 1.54) is 31.4 Å². The quantitative estimate of drug-likeness (QED) is 0.408. The van der Waals surface area contributed by atoms with Crippen LogP contribution < -0.4 is 5.43 Å². The number of nitrogens with zero attached hydrogens (tertiary/aromatic N) is 1. The number of anilines is 1. The highest BCUT2D eigenvalue weighted by Gasteiger charge is 1.93. The number of benzene rings is 1. The highest BCUT2D eigenvalue weighted by molar-refractivity contribution is 5.82. The van der Waals surface area contributed by atoms with E-state index in [1.807, 2.05) is 30.3 Å². The van der Waals surface area contributed by atoms with E-state index < -0.39 is 0 Å². The maximum Gasteiger partial charge on any atom is 0.0561 e. The van der Waals surface area contributed by atoms with Crippen LogP contribution in [0.1, 0.15) is 46.0 Å². The third kappa shape index (κ3) is 5.54. The van der Waals surface area contributed by atoms with Gasteiger partial charge in [-0.3, -0.25) is 5.43 Å². The van der Waals surface area contributed by atoms with Crippen molar-refractivity contribution in [2.75, 3.05) is 5.43 Å². The molecule has 0 fully saturated rings. The molecule has 0 atom stereocenters. The molecule has 88 valence electrons. The first-order valence-electron chi connectivity index (χ1n) is 6.17. The van der Waals surface area contributed by atoms with Gasteiger partial charge >= 0.3 is 0 Å². The van der Waals surface area contributed by atoms with E-state index in [1.54, 1.807) is 0 Å². The topological polar surface area (TPSA) is 24.4 Å². The van der Waals surface area contributed by atoms with E-state index >= 15 is 0 Å². The van der Waals surface area contributed by atoms with Gasteiger partial charge in [-0.15, -0.1) is 0 Å². The van der Waals surface area contributed by atoms with Crippen molar-refractivity contribution < 1.29 is 0 Å². The molecular weight excluding hydrogens is 196 g/mol. The first-order chi connectivity index (χ1) is 7.83. The highest BCUT2D eigenvalue weighted by Crippen LogP contribution is 2.06. The van der Waals surface area contributed by atoms with Gasteiger partial charge in [0.05, 0.1) is 5.69 Å². The van der Waals surface area contributed by atoms with Crippen LogP contribution in [0.15, 0.2) is 35.4 Å². The molecular formula is C14H22N2. The highest BCUT2D eigenvalue weighted by atomic mass is 15.3. The monoisotopic (exact) mass is 218 g/mol. The molecule has 0 saturated carbocycles. The van der Waals surface area contributed by atoms with Crippen LogP contribution in [0.25, 0.3) is 0 Å². The van der Waals surface area contributed by atoms with Crippen molar-refractivity contribution >= 4 is 11.4 Å². The lowest BCUT2D eigenvalue weighted by Crippen LogP contribution is -1.97. The molecule has 0 heterocycles. The van der Waals surface area contributed by atoms with Gasteiger partial charge in [-0.05, 0) is 31.9 Å². The molecule has 0 aliphatic carbocycles. The van der Waals surface area contributed by atoms with Crippen LogP contribution in [0.4, 0.5) is 5.69 Å². The summed E-state index contributed by atoms with van der Waals surface area (Å²) in [6.45, 7) is 4.32. The normalized spacial score (nSPS) is 11.5. The Labute approximate surface area is 98.8 Å². The largest absolute Gasteiger partial charge is 0.279 e. The molecule has 0 unspecified atom stereocenters. The summed E-state index contributed by atoms with van der Waals surface area (Å²) in [5.74, 6) is 0. The number of para-hydroxylation sites is 1. The van der Waals surface area contributed by atoms with Crippen LogP contribution in [0.5, 0.6) is 0 Å². The minimum atomic E-state index is 1.05. The van der Waals surface area contributed by atoms with Gasteiger partial charge in [0.25, 0.3) is 0 Å². The van der Waals surface area contributed by atoms with Crippen LogP contribution in [0.2, 0.25) is 0 Å². The number of nitrogens with one attached hydrogen (secondary N) is 1. The molecule has 1 aromatic rings. The summed E-state index contributed by atoms with van der Waals surface area (Å²) in [5.41, 5.74) is 5.31. The SMILES string of the molecule is CCCCCC/C(C)=N/Nc1ccccc1. The number of hydrogen-bond acceptors (Lipinski definition) is 2. The summed E-state index contributed by atoms with van der Waals surface area (Å²) >= 11 is 0. The summed E-state index contributed by atoms with van der Waals surface area (Å²) in [6.07, 6.45) is 6.28. The van der Waals surface area contributed by atoms with Gasteiger partial charge in [-0.2, -0.15) is 5.10 Å². The lowest BCUT2D eigenvalue weighted by atomic mass is 10.1. The van der Waals surface area contributed by atoms with Crippen molar-refractivity contribution in [1.82, 2.24) is 0 Å². The molecule has 0 bridgehead atoms. The Morgan fingerprint density at radius 2 is 1.88 bits per heavy atom. The third-order valence-corrected chi connectivity index (χ3v) is 2.54. The fourth-order valence-corrected chi connectivity index (χ4v) is 1.54. The Morgan fingerprint density at radius 3 is 2.56 bits per heavy atom. The Hall–Kier alpha value is -1.31. The second-order valence-electron chi connectivity index (χ2n) is 4.14. The molecule has 0 aliphatic heterocycles. The second-order valence-corrected chi connectivity index (χ2v) is 4.14. The molecule has 0 aliphatic rings. The molecule has 0 aromatic heterocycles. The molecule has 16 heavy (non-hydrogen) atoms. The molecule has 0 saturated heterocycles. The Balaban J connectivity index is 2.23. The zero-order valence-electron chi connectivity index (χ0n) is 10.4. The summed E-state index contributed by atoms with van der Waals surface area (Å²) in [6, 6.07) is 10.1. The summed E-state index contributed by atoms with van der Waals surface area (Å²) in [4.78, 5) is 0. The number of hydrazone groups is 1. The summed E-state index contributed by atoms with van der Waals surface area (Å²) < 4.78 is 0. The van der Waals surface area contributed by atoms with Crippen molar-refractivity contribution in [2.24, 2.45) is 5.10 Å². The third-order valence-electron chi connectivity index (χ3n) is 2.54. The average Bonchev–Trinajstić information content (AvgIpc) is 2.33. The van der Waals surface area contributed by atoms with Crippen molar-refractivity contribution in [1.29, 1.82) is 0 Å². The number of unbranched alkanes of at least 4 members (excludes halogenated alkanes) is 3. The lowest BCUT2D eigenvalue weighted by molar-refractivity contribution is 0.682. The fourth-order valence-electron chi connectivity index (χ4n) is 1.54. The number of hydrogen-bond donors (Lipinski definition) is 1. The molecule has 1 aromatic carbocycles. The fraction of sp³-hybridized carbons (Fsp3) is 0.500. The molecule has 0 radical (unpaired) electrons. The van der Waals surface area contributed by atoms with Crippen LogP contribution >= 0.6 is 0 Å². The minimum Gasteiger partial charge on any atom is -0.279 e. The van der Waals surface area contributed by atoms with Crippen molar-refractivity contribution in [3.63, 3.8) is 0 Å². The van der Waals surface area contributed by atoms with Gasteiger partial charge in [-0.1, -0.05) is 44.4 Å². The predicted molar refractivity (Wildman–Crippen MR) is 71.9 cm³/mol. The van der Waals surface area contributed by atoms with E-state index in [4.69, 9.17) is 0 Å². The molecule has 2 heteroatoms. The van der Waals surface area contributed by atoms with E-state index in [-0.39, 0.29) is 0 Å². The van der Waals surface area contributed by atoms with E-state index in [0.717, 1.165) is 12.1 Å². The van der Waals surface area contributed by atoms with Gasteiger partial charge in [0.1, 0.15) is 0 Å². The standard InChI is InChI=1S/C14H22N2/c1-3-4-5-7-10-13(2)15-16-14-11-8-6-9-12-14/h6,8-9,11-12,16H,3-5,7,10H2,1-2H3/b15-13+. The minimum absolute atomic E-state index is 1.05. The Kier molecular flexibility index (Phi) is 6.31. The zero-order chi connectivity index (χ0) is 11.6. The maximum atomic E-state index is 4.36. The zero-order valence-corrected chi connectivity index (χ0v) is 10.4. The molecule has 1 rings (SSSR count). The first kappa shape index (κ1) is 12.8. The summed E-state index contributed by atoms with van der Waals surface area (Å²) in [5, 5.41) is 4.36. The molecule has 2 nitrogen and oxygen atoms in total. The van der Waals surface area contributed by atoms with Gasteiger partial charge in [-0.25, -0.2) is 0 Å². The van der Waals surface area contributed by atoms with Gasteiger partial charge in [0.2, 0.25) is 0 Å². The van der Waals surface area contributed by atoms with Crippen molar-refractivity contribution in [3.05, 3.63) is 30.3 Å². The lowest BCUT2D eigenvalue weighted by Gasteiger charge is -2.03.